The lowest BCUT2D eigenvalue weighted by Gasteiger charge is -2.14. The molecular weight excluding hydrogens is 257 g/mol. The van der Waals surface area contributed by atoms with Gasteiger partial charge in [0.1, 0.15) is 11.8 Å². The number of alkyl halides is 3. The first-order valence-corrected chi connectivity index (χ1v) is 5.94. The van der Waals surface area contributed by atoms with E-state index < -0.39 is 18.3 Å². The van der Waals surface area contributed by atoms with Gasteiger partial charge in [-0.15, -0.1) is 0 Å². The Kier molecular flexibility index (Phi) is 3.96. The Morgan fingerprint density at radius 2 is 2.11 bits per heavy atom. The van der Waals surface area contributed by atoms with Crippen molar-refractivity contribution in [2.75, 3.05) is 6.61 Å². The Balaban J connectivity index is 2.16. The summed E-state index contributed by atoms with van der Waals surface area (Å²) in [5.41, 5.74) is -0.277. The Labute approximate surface area is 109 Å². The van der Waals surface area contributed by atoms with Gasteiger partial charge in [0.25, 0.3) is 0 Å². The largest absolute Gasteiger partial charge is 0.478 e. The van der Waals surface area contributed by atoms with Crippen LogP contribution in [0.1, 0.15) is 24.0 Å². The van der Waals surface area contributed by atoms with Crippen LogP contribution in [0, 0.1) is 11.3 Å². The van der Waals surface area contributed by atoms with E-state index in [0.29, 0.717) is 18.2 Å². The topological polar surface area (TPSA) is 45.0 Å². The molecule has 0 radical (unpaired) electrons. The molecule has 1 saturated carbocycles. The first-order valence-electron chi connectivity index (χ1n) is 5.94. The monoisotopic (exact) mass is 270 g/mol. The number of rotatable bonds is 5. The van der Waals surface area contributed by atoms with Crippen LogP contribution >= 0.6 is 0 Å². The van der Waals surface area contributed by atoms with Crippen LogP contribution in [0.15, 0.2) is 18.2 Å². The van der Waals surface area contributed by atoms with Crippen molar-refractivity contribution < 1.29 is 17.9 Å². The van der Waals surface area contributed by atoms with Crippen molar-refractivity contribution in [3.05, 3.63) is 29.3 Å². The van der Waals surface area contributed by atoms with Crippen molar-refractivity contribution in [2.45, 2.75) is 31.6 Å². The maximum absolute atomic E-state index is 12.9. The fourth-order valence-electron chi connectivity index (χ4n) is 1.69. The van der Waals surface area contributed by atoms with E-state index in [0.717, 1.165) is 18.9 Å². The minimum atomic E-state index is -4.49. The van der Waals surface area contributed by atoms with Gasteiger partial charge in [-0.05, 0) is 30.5 Å². The average molecular weight is 270 g/mol. The van der Waals surface area contributed by atoms with Crippen LogP contribution in [-0.4, -0.2) is 12.6 Å². The summed E-state index contributed by atoms with van der Waals surface area (Å²) >= 11 is 0. The third-order valence-electron chi connectivity index (χ3n) is 2.81. The molecule has 102 valence electrons. The molecule has 6 heteroatoms. The summed E-state index contributed by atoms with van der Waals surface area (Å²) in [6.07, 6.45) is -2.33. The molecule has 1 aromatic carbocycles. The molecule has 3 nitrogen and oxygen atoms in total. The molecule has 0 unspecified atom stereocenters. The second-order valence-corrected chi connectivity index (χ2v) is 4.43. The standard InChI is InChI=1S/C13H13F3N2O/c14-13(15,16)11-7-9(8-18-10-2-3-10)1-4-12(11)19-6-5-17/h1,4,7,10,18H,2-3,6,8H2. The van der Waals surface area contributed by atoms with Crippen LogP contribution < -0.4 is 10.1 Å². The molecule has 0 spiro atoms. The van der Waals surface area contributed by atoms with E-state index in [1.165, 1.54) is 6.07 Å². The predicted molar refractivity (Wildman–Crippen MR) is 62.4 cm³/mol. The van der Waals surface area contributed by atoms with Crippen LogP contribution in [0.3, 0.4) is 0 Å². The lowest BCUT2D eigenvalue weighted by Crippen LogP contribution is -2.16. The summed E-state index contributed by atoms with van der Waals surface area (Å²) in [7, 11) is 0. The molecular formula is C13H13F3N2O. The maximum atomic E-state index is 12.9. The van der Waals surface area contributed by atoms with Crippen molar-refractivity contribution in [1.82, 2.24) is 5.32 Å². The van der Waals surface area contributed by atoms with Crippen LogP contribution in [0.2, 0.25) is 0 Å². The summed E-state index contributed by atoms with van der Waals surface area (Å²) in [4.78, 5) is 0. The average Bonchev–Trinajstić information content (AvgIpc) is 3.17. The maximum Gasteiger partial charge on any atom is 0.419 e. The molecule has 1 aliphatic rings. The van der Waals surface area contributed by atoms with Crippen molar-refractivity contribution >= 4 is 0 Å². The number of benzene rings is 1. The van der Waals surface area contributed by atoms with Gasteiger partial charge in [-0.3, -0.25) is 0 Å². The van der Waals surface area contributed by atoms with Gasteiger partial charge in [-0.25, -0.2) is 0 Å². The quantitative estimate of drug-likeness (QED) is 0.894. The van der Waals surface area contributed by atoms with E-state index in [2.05, 4.69) is 5.32 Å². The molecule has 19 heavy (non-hydrogen) atoms. The first kappa shape index (κ1) is 13.7. The summed E-state index contributed by atoms with van der Waals surface area (Å²) in [5, 5.41) is 11.5. The van der Waals surface area contributed by atoms with Crippen molar-refractivity contribution in [3.8, 4) is 11.8 Å². The van der Waals surface area contributed by atoms with Crippen molar-refractivity contribution in [1.29, 1.82) is 5.26 Å². The van der Waals surface area contributed by atoms with E-state index in [1.807, 2.05) is 0 Å². The highest BCUT2D eigenvalue weighted by Gasteiger charge is 2.34. The summed E-state index contributed by atoms with van der Waals surface area (Å²) < 4.78 is 43.5. The number of hydrogen-bond acceptors (Lipinski definition) is 3. The SMILES string of the molecule is N#CCOc1ccc(CNC2CC2)cc1C(F)(F)F. The zero-order valence-corrected chi connectivity index (χ0v) is 10.1. The third-order valence-corrected chi connectivity index (χ3v) is 2.81. The van der Waals surface area contributed by atoms with Crippen LogP contribution in [0.25, 0.3) is 0 Å². The van der Waals surface area contributed by atoms with Crippen LogP contribution in [0.4, 0.5) is 13.2 Å². The van der Waals surface area contributed by atoms with E-state index in [1.54, 1.807) is 12.1 Å². The lowest BCUT2D eigenvalue weighted by molar-refractivity contribution is -0.138. The third kappa shape index (κ3) is 3.86. The molecule has 1 fully saturated rings. The minimum absolute atomic E-state index is 0.302. The molecule has 2 rings (SSSR count). The van der Waals surface area contributed by atoms with Gasteiger partial charge in [0.15, 0.2) is 6.61 Å². The Bertz CT molecular complexity index is 490. The number of ether oxygens (including phenoxy) is 1. The first-order chi connectivity index (χ1) is 9.00. The second kappa shape index (κ2) is 5.49. The van der Waals surface area contributed by atoms with Gasteiger partial charge in [-0.1, -0.05) is 6.07 Å². The molecule has 0 saturated heterocycles. The van der Waals surface area contributed by atoms with Gasteiger partial charge in [0, 0.05) is 12.6 Å². The molecule has 1 N–H and O–H groups in total. The van der Waals surface area contributed by atoms with E-state index in [-0.39, 0.29) is 5.75 Å². The van der Waals surface area contributed by atoms with Crippen molar-refractivity contribution in [3.63, 3.8) is 0 Å². The Morgan fingerprint density at radius 1 is 1.37 bits per heavy atom. The number of nitrogens with zero attached hydrogens (tertiary/aromatic N) is 1. The van der Waals surface area contributed by atoms with Crippen molar-refractivity contribution in [2.24, 2.45) is 0 Å². The molecule has 1 aromatic rings. The fourth-order valence-corrected chi connectivity index (χ4v) is 1.69. The van der Waals surface area contributed by atoms with Gasteiger partial charge in [0.2, 0.25) is 0 Å². The van der Waals surface area contributed by atoms with Crippen LogP contribution in [0.5, 0.6) is 5.75 Å². The number of hydrogen-bond donors (Lipinski definition) is 1. The molecule has 0 amide bonds. The summed E-state index contributed by atoms with van der Waals surface area (Å²) in [6.45, 7) is 0.00896. The van der Waals surface area contributed by atoms with E-state index >= 15 is 0 Å². The lowest BCUT2D eigenvalue weighted by atomic mass is 10.1. The zero-order chi connectivity index (χ0) is 13.9. The minimum Gasteiger partial charge on any atom is -0.478 e. The molecule has 0 aromatic heterocycles. The summed E-state index contributed by atoms with van der Waals surface area (Å²) in [5.74, 6) is -0.302. The Morgan fingerprint density at radius 3 is 2.68 bits per heavy atom. The number of nitrogens with one attached hydrogen (secondary N) is 1. The van der Waals surface area contributed by atoms with Gasteiger partial charge >= 0.3 is 6.18 Å². The normalized spacial score (nSPS) is 15.1. The molecule has 0 heterocycles. The molecule has 0 bridgehead atoms. The number of nitriles is 1. The van der Waals surface area contributed by atoms with Gasteiger partial charge in [0.05, 0.1) is 5.56 Å². The van der Waals surface area contributed by atoms with Crippen LogP contribution in [-0.2, 0) is 12.7 Å². The number of halogens is 3. The smallest absolute Gasteiger partial charge is 0.419 e. The van der Waals surface area contributed by atoms with E-state index in [9.17, 15) is 13.2 Å². The predicted octanol–water partition coefficient (Wildman–Crippen LogP) is 2.86. The highest BCUT2D eigenvalue weighted by molar-refractivity contribution is 5.39. The zero-order valence-electron chi connectivity index (χ0n) is 10.1. The van der Waals surface area contributed by atoms with E-state index in [4.69, 9.17) is 10.00 Å². The molecule has 0 atom stereocenters. The molecule has 1 aliphatic carbocycles. The fraction of sp³-hybridized carbons (Fsp3) is 0.462. The summed E-state index contributed by atoms with van der Waals surface area (Å²) in [6, 6.07) is 6.01. The van der Waals surface area contributed by atoms with Gasteiger partial charge < -0.3 is 10.1 Å². The highest BCUT2D eigenvalue weighted by atomic mass is 19.4. The Hall–Kier alpha value is -1.74. The second-order valence-electron chi connectivity index (χ2n) is 4.43. The van der Waals surface area contributed by atoms with Gasteiger partial charge in [-0.2, -0.15) is 18.4 Å². The molecule has 0 aliphatic heterocycles. The highest BCUT2D eigenvalue weighted by Crippen LogP contribution is 2.37.